The van der Waals surface area contributed by atoms with E-state index in [1.807, 2.05) is 0 Å². The van der Waals surface area contributed by atoms with Gasteiger partial charge in [-0.25, -0.2) is 0 Å². The highest BCUT2D eigenvalue weighted by Gasteiger charge is 2.55. The maximum absolute atomic E-state index is 2.58. The largest absolute Gasteiger partial charge is 0.0625 e. The molecule has 0 spiro atoms. The lowest BCUT2D eigenvalue weighted by Gasteiger charge is -2.62. The van der Waals surface area contributed by atoms with Crippen LogP contribution in [0.5, 0.6) is 0 Å². The van der Waals surface area contributed by atoms with Crippen LogP contribution in [0, 0.1) is 46.8 Å². The second-order valence-electron chi connectivity index (χ2n) is 8.68. The van der Waals surface area contributed by atoms with Gasteiger partial charge in [0.25, 0.3) is 0 Å². The van der Waals surface area contributed by atoms with Crippen LogP contribution in [0.25, 0.3) is 0 Å². The Bertz CT molecular complexity index is 316. The summed E-state index contributed by atoms with van der Waals surface area (Å²) in [6.07, 6.45) is 7.52. The molecule has 0 N–H and O–H groups in total. The standard InChI is InChI=1S/C18H32/c1-11-8-9-18(4,5)16-7-6-14-15(10-11)12(2)17(14)13(16)3/h11-17H,6-10H2,1-5H3. The van der Waals surface area contributed by atoms with Crippen LogP contribution in [-0.2, 0) is 0 Å². The van der Waals surface area contributed by atoms with Gasteiger partial charge < -0.3 is 0 Å². The average Bonchev–Trinajstić information content (AvgIpc) is 2.31. The Balaban J connectivity index is 1.90. The summed E-state index contributed by atoms with van der Waals surface area (Å²) in [5.41, 5.74) is 0.584. The zero-order valence-electron chi connectivity index (χ0n) is 13.1. The van der Waals surface area contributed by atoms with Crippen LogP contribution in [0.3, 0.4) is 0 Å². The maximum Gasteiger partial charge on any atom is -0.0323 e. The molecule has 5 fully saturated rings. The van der Waals surface area contributed by atoms with Crippen molar-refractivity contribution < 1.29 is 0 Å². The van der Waals surface area contributed by atoms with Crippen molar-refractivity contribution in [2.45, 2.75) is 66.7 Å². The van der Waals surface area contributed by atoms with E-state index in [0.717, 1.165) is 41.4 Å². The predicted octanol–water partition coefficient (Wildman–Crippen LogP) is 5.38. The molecule has 0 heterocycles. The fourth-order valence-electron chi connectivity index (χ4n) is 6.26. The first-order valence-corrected chi connectivity index (χ1v) is 8.42. The van der Waals surface area contributed by atoms with Gasteiger partial charge in [-0.3, -0.25) is 0 Å². The third-order valence-corrected chi connectivity index (χ3v) is 7.34. The molecule has 18 heavy (non-hydrogen) atoms. The van der Waals surface area contributed by atoms with Crippen molar-refractivity contribution >= 4 is 0 Å². The Kier molecular flexibility index (Phi) is 3.07. The number of hydrogen-bond donors (Lipinski definition) is 0. The minimum Gasteiger partial charge on any atom is -0.0625 e. The summed E-state index contributed by atoms with van der Waals surface area (Å²) in [6, 6.07) is 0. The van der Waals surface area contributed by atoms with E-state index in [9.17, 15) is 0 Å². The van der Waals surface area contributed by atoms with E-state index in [1.54, 1.807) is 6.42 Å². The van der Waals surface area contributed by atoms with E-state index in [1.165, 1.54) is 25.7 Å². The van der Waals surface area contributed by atoms with Crippen LogP contribution in [0.1, 0.15) is 66.7 Å². The minimum absolute atomic E-state index is 0.584. The number of hydrogen-bond acceptors (Lipinski definition) is 0. The summed E-state index contributed by atoms with van der Waals surface area (Å²) in [6.45, 7) is 12.8. The van der Waals surface area contributed by atoms with Crippen molar-refractivity contribution in [2.75, 3.05) is 0 Å². The predicted molar refractivity (Wildman–Crippen MR) is 78.3 cm³/mol. The highest BCUT2D eigenvalue weighted by atomic mass is 14.6. The molecule has 5 rings (SSSR count). The summed E-state index contributed by atoms with van der Waals surface area (Å²) in [4.78, 5) is 0. The van der Waals surface area contributed by atoms with Gasteiger partial charge in [0, 0.05) is 0 Å². The van der Waals surface area contributed by atoms with Crippen LogP contribution in [0.2, 0.25) is 0 Å². The first kappa shape index (κ1) is 13.0. The van der Waals surface area contributed by atoms with Crippen LogP contribution in [0.15, 0.2) is 0 Å². The van der Waals surface area contributed by atoms with Gasteiger partial charge in [-0.1, -0.05) is 41.0 Å². The molecule has 4 bridgehead atoms. The van der Waals surface area contributed by atoms with Gasteiger partial charge in [0.1, 0.15) is 0 Å². The molecule has 0 aromatic rings. The second kappa shape index (κ2) is 4.25. The van der Waals surface area contributed by atoms with E-state index < -0.39 is 0 Å². The maximum atomic E-state index is 2.58. The van der Waals surface area contributed by atoms with Gasteiger partial charge in [-0.15, -0.1) is 0 Å². The zero-order chi connectivity index (χ0) is 13.1. The summed E-state index contributed by atoms with van der Waals surface area (Å²) >= 11 is 0. The molecule has 7 unspecified atom stereocenters. The molecular weight excluding hydrogens is 216 g/mol. The van der Waals surface area contributed by atoms with E-state index in [2.05, 4.69) is 34.6 Å². The van der Waals surface area contributed by atoms with Crippen LogP contribution in [-0.4, -0.2) is 0 Å². The summed E-state index contributed by atoms with van der Waals surface area (Å²) in [7, 11) is 0. The number of fused-ring (bicyclic) bond motifs is 1. The molecule has 0 saturated heterocycles. The summed E-state index contributed by atoms with van der Waals surface area (Å²) in [5.74, 6) is 7.21. The molecule has 104 valence electrons. The molecule has 0 aromatic carbocycles. The quantitative estimate of drug-likeness (QED) is 0.540. The SMILES string of the molecule is CC1CCC(C)(C)C2CCC3C(C1)C(C)C3C2C. The van der Waals surface area contributed by atoms with Gasteiger partial charge >= 0.3 is 0 Å². The Morgan fingerprint density at radius 2 is 1.56 bits per heavy atom. The number of rotatable bonds is 0. The molecule has 0 nitrogen and oxygen atoms in total. The molecule has 0 aliphatic heterocycles. The van der Waals surface area contributed by atoms with E-state index in [4.69, 9.17) is 0 Å². The van der Waals surface area contributed by atoms with Gasteiger partial charge in [0.05, 0.1) is 0 Å². The molecule has 0 heteroatoms. The van der Waals surface area contributed by atoms with Gasteiger partial charge in [0.2, 0.25) is 0 Å². The van der Waals surface area contributed by atoms with Gasteiger partial charge in [0.15, 0.2) is 0 Å². The third kappa shape index (κ3) is 1.78. The molecule has 0 radical (unpaired) electrons. The normalized spacial score (nSPS) is 54.8. The monoisotopic (exact) mass is 248 g/mol. The highest BCUT2D eigenvalue weighted by molar-refractivity contribution is 5.04. The molecule has 0 amide bonds. The van der Waals surface area contributed by atoms with E-state index >= 15 is 0 Å². The summed E-state index contributed by atoms with van der Waals surface area (Å²) < 4.78 is 0. The molecular formula is C18H32. The lowest BCUT2D eigenvalue weighted by molar-refractivity contribution is -0.133. The van der Waals surface area contributed by atoms with Crippen LogP contribution >= 0.6 is 0 Å². The Morgan fingerprint density at radius 3 is 2.28 bits per heavy atom. The highest BCUT2D eigenvalue weighted by Crippen LogP contribution is 2.62. The van der Waals surface area contributed by atoms with E-state index in [0.29, 0.717) is 5.41 Å². The topological polar surface area (TPSA) is 0 Å². The van der Waals surface area contributed by atoms with Gasteiger partial charge in [-0.05, 0) is 72.5 Å². The molecule has 5 saturated carbocycles. The fraction of sp³-hybridized carbons (Fsp3) is 1.00. The Morgan fingerprint density at radius 1 is 0.833 bits per heavy atom. The Hall–Kier alpha value is 0. The minimum atomic E-state index is 0.584. The third-order valence-electron chi connectivity index (χ3n) is 7.34. The Labute approximate surface area is 114 Å². The summed E-state index contributed by atoms with van der Waals surface area (Å²) in [5, 5.41) is 0. The first-order chi connectivity index (χ1) is 8.42. The lowest BCUT2D eigenvalue weighted by atomic mass is 9.43. The molecule has 7 atom stereocenters. The first-order valence-electron chi connectivity index (χ1n) is 8.42. The van der Waals surface area contributed by atoms with Crippen molar-refractivity contribution in [3.63, 3.8) is 0 Å². The average molecular weight is 248 g/mol. The fourth-order valence-corrected chi connectivity index (χ4v) is 6.26. The van der Waals surface area contributed by atoms with Crippen molar-refractivity contribution in [2.24, 2.45) is 46.8 Å². The van der Waals surface area contributed by atoms with Crippen LogP contribution in [0.4, 0.5) is 0 Å². The van der Waals surface area contributed by atoms with Crippen molar-refractivity contribution in [3.05, 3.63) is 0 Å². The second-order valence-corrected chi connectivity index (χ2v) is 8.68. The smallest absolute Gasteiger partial charge is 0.0323 e. The van der Waals surface area contributed by atoms with Gasteiger partial charge in [-0.2, -0.15) is 0 Å². The molecule has 5 aliphatic rings. The zero-order valence-corrected chi connectivity index (χ0v) is 13.1. The molecule has 0 aromatic heterocycles. The van der Waals surface area contributed by atoms with Crippen LogP contribution < -0.4 is 0 Å². The van der Waals surface area contributed by atoms with Crippen molar-refractivity contribution in [1.82, 2.24) is 0 Å². The van der Waals surface area contributed by atoms with E-state index in [-0.39, 0.29) is 0 Å². The van der Waals surface area contributed by atoms with Crippen molar-refractivity contribution in [1.29, 1.82) is 0 Å². The lowest BCUT2D eigenvalue weighted by Crippen LogP contribution is -2.55. The molecule has 5 aliphatic carbocycles. The van der Waals surface area contributed by atoms with Crippen molar-refractivity contribution in [3.8, 4) is 0 Å².